The summed E-state index contributed by atoms with van der Waals surface area (Å²) in [5.41, 5.74) is 0.899. The van der Waals surface area contributed by atoms with E-state index in [1.807, 2.05) is 31.2 Å². The molecule has 0 saturated carbocycles. The Balaban J connectivity index is 1.97. The van der Waals surface area contributed by atoms with Crippen molar-refractivity contribution in [3.05, 3.63) is 34.7 Å². The van der Waals surface area contributed by atoms with E-state index in [1.165, 1.54) is 16.7 Å². The number of ether oxygens (including phenoxy) is 1. The topological polar surface area (TPSA) is 69.7 Å². The largest absolute Gasteiger partial charge is 0.550 e. The molecule has 2 rings (SSSR count). The summed E-state index contributed by atoms with van der Waals surface area (Å²) in [6.45, 7) is 2.96. The summed E-state index contributed by atoms with van der Waals surface area (Å²) in [4.78, 5) is 24.9. The van der Waals surface area contributed by atoms with Crippen molar-refractivity contribution in [3.63, 3.8) is 0 Å². The van der Waals surface area contributed by atoms with Crippen LogP contribution in [0.2, 0.25) is 0 Å². The predicted octanol–water partition coefficient (Wildman–Crippen LogP) is 2.21. The van der Waals surface area contributed by atoms with E-state index in [0.717, 1.165) is 11.3 Å². The molecule has 0 unspecified atom stereocenters. The number of carboxylic acid groups (broad SMARTS) is 1. The first-order valence-corrected chi connectivity index (χ1v) is 8.92. The maximum atomic E-state index is 12.4. The van der Waals surface area contributed by atoms with E-state index in [0.29, 0.717) is 35.2 Å². The van der Waals surface area contributed by atoms with E-state index in [-0.39, 0.29) is 12.3 Å². The molecule has 0 spiro atoms. The normalized spacial score (nSPS) is 16.0. The monoisotopic (exact) mass is 364 g/mol. The molecule has 1 heterocycles. The maximum absolute atomic E-state index is 12.4. The van der Waals surface area contributed by atoms with Gasteiger partial charge >= 0.3 is 0 Å². The molecular formula is C17H18NO4S2-. The van der Waals surface area contributed by atoms with Crippen molar-refractivity contribution in [2.45, 2.75) is 26.2 Å². The highest BCUT2D eigenvalue weighted by Gasteiger charge is 2.31. The number of amides is 1. The van der Waals surface area contributed by atoms with E-state index < -0.39 is 5.97 Å². The van der Waals surface area contributed by atoms with Crippen LogP contribution in [0.15, 0.2) is 29.2 Å². The fourth-order valence-corrected chi connectivity index (χ4v) is 3.52. The Morgan fingerprint density at radius 2 is 2.04 bits per heavy atom. The predicted molar refractivity (Wildman–Crippen MR) is 96.3 cm³/mol. The van der Waals surface area contributed by atoms with Crippen molar-refractivity contribution in [1.29, 1.82) is 0 Å². The minimum Gasteiger partial charge on any atom is -0.550 e. The van der Waals surface area contributed by atoms with Gasteiger partial charge in [0.05, 0.1) is 11.5 Å². The molecule has 0 N–H and O–H groups in total. The molecule has 0 aromatic heterocycles. The SMILES string of the molecule is CCOc1ccc(/C=C2\SC(=S)N(CCCCC(=O)[O-])C2=O)cc1. The highest BCUT2D eigenvalue weighted by atomic mass is 32.2. The van der Waals surface area contributed by atoms with Crippen molar-refractivity contribution in [2.75, 3.05) is 13.2 Å². The quantitative estimate of drug-likeness (QED) is 0.400. The number of rotatable bonds is 8. The number of aliphatic carboxylic acids is 1. The molecule has 5 nitrogen and oxygen atoms in total. The second-order valence-electron chi connectivity index (χ2n) is 5.16. The molecule has 128 valence electrons. The fraction of sp³-hybridized carbons (Fsp3) is 0.353. The van der Waals surface area contributed by atoms with Crippen molar-refractivity contribution < 1.29 is 19.4 Å². The van der Waals surface area contributed by atoms with E-state index >= 15 is 0 Å². The van der Waals surface area contributed by atoms with Gasteiger partial charge in [0.1, 0.15) is 10.1 Å². The Hall–Kier alpha value is -1.86. The van der Waals surface area contributed by atoms with Gasteiger partial charge in [0.2, 0.25) is 0 Å². The minimum atomic E-state index is -1.07. The van der Waals surface area contributed by atoms with Gasteiger partial charge in [-0.2, -0.15) is 0 Å². The zero-order chi connectivity index (χ0) is 17.5. The first kappa shape index (κ1) is 18.5. The van der Waals surface area contributed by atoms with Crippen molar-refractivity contribution in [2.24, 2.45) is 0 Å². The van der Waals surface area contributed by atoms with Crippen molar-refractivity contribution in [3.8, 4) is 5.75 Å². The molecule has 0 radical (unpaired) electrons. The highest BCUT2D eigenvalue weighted by molar-refractivity contribution is 8.26. The van der Waals surface area contributed by atoms with E-state index in [1.54, 1.807) is 6.08 Å². The van der Waals surface area contributed by atoms with Crippen LogP contribution in [0.5, 0.6) is 5.75 Å². The molecule has 7 heteroatoms. The van der Waals surface area contributed by atoms with Gasteiger partial charge in [-0.05, 0) is 50.0 Å². The molecule has 1 saturated heterocycles. The second-order valence-corrected chi connectivity index (χ2v) is 6.84. The zero-order valence-electron chi connectivity index (χ0n) is 13.3. The van der Waals surface area contributed by atoms with Crippen LogP contribution in [0.3, 0.4) is 0 Å². The Morgan fingerprint density at radius 1 is 1.33 bits per heavy atom. The Kier molecular flexibility index (Phi) is 6.81. The number of benzene rings is 1. The second kappa shape index (κ2) is 8.84. The van der Waals surface area contributed by atoms with Gasteiger partial charge in [-0.15, -0.1) is 0 Å². The smallest absolute Gasteiger partial charge is 0.266 e. The van der Waals surface area contributed by atoms with E-state index in [9.17, 15) is 14.7 Å². The third kappa shape index (κ3) is 5.07. The van der Waals surface area contributed by atoms with Crippen LogP contribution in [-0.2, 0) is 9.59 Å². The van der Waals surface area contributed by atoms with Gasteiger partial charge in [0.25, 0.3) is 5.91 Å². The first-order chi connectivity index (χ1) is 11.5. The van der Waals surface area contributed by atoms with Crippen molar-refractivity contribution in [1.82, 2.24) is 4.90 Å². The lowest BCUT2D eigenvalue weighted by atomic mass is 10.2. The van der Waals surface area contributed by atoms with Gasteiger partial charge in [0, 0.05) is 12.5 Å². The lowest BCUT2D eigenvalue weighted by molar-refractivity contribution is -0.305. The van der Waals surface area contributed by atoms with E-state index in [4.69, 9.17) is 17.0 Å². The summed E-state index contributed by atoms with van der Waals surface area (Å²) in [5.74, 6) is -0.418. The molecule has 1 aromatic carbocycles. The van der Waals surface area contributed by atoms with Gasteiger partial charge in [-0.1, -0.05) is 36.1 Å². The third-order valence-corrected chi connectivity index (χ3v) is 4.75. The summed E-state index contributed by atoms with van der Waals surface area (Å²) in [6.07, 6.45) is 2.85. The third-order valence-electron chi connectivity index (χ3n) is 3.38. The number of hydrogen-bond donors (Lipinski definition) is 0. The van der Waals surface area contributed by atoms with Crippen LogP contribution in [0.4, 0.5) is 0 Å². The lowest BCUT2D eigenvalue weighted by Crippen LogP contribution is -2.29. The molecule has 0 bridgehead atoms. The van der Waals surface area contributed by atoms with Crippen LogP contribution in [0.1, 0.15) is 31.7 Å². The molecule has 0 aliphatic carbocycles. The van der Waals surface area contributed by atoms with E-state index in [2.05, 4.69) is 0 Å². The summed E-state index contributed by atoms with van der Waals surface area (Å²) < 4.78 is 5.89. The molecule has 1 fully saturated rings. The summed E-state index contributed by atoms with van der Waals surface area (Å²) in [5, 5.41) is 10.4. The molecule has 1 aliphatic rings. The van der Waals surface area contributed by atoms with Crippen LogP contribution in [0.25, 0.3) is 6.08 Å². The number of unbranched alkanes of at least 4 members (excludes halogenated alkanes) is 1. The van der Waals surface area contributed by atoms with Crippen LogP contribution >= 0.6 is 24.0 Å². The van der Waals surface area contributed by atoms with Gasteiger partial charge in [-0.3, -0.25) is 9.69 Å². The van der Waals surface area contributed by atoms with Crippen molar-refractivity contribution >= 4 is 46.3 Å². The first-order valence-electron chi connectivity index (χ1n) is 7.69. The average molecular weight is 364 g/mol. The van der Waals surface area contributed by atoms with Gasteiger partial charge in [0.15, 0.2) is 0 Å². The molecular weight excluding hydrogens is 346 g/mol. The lowest BCUT2D eigenvalue weighted by Gasteiger charge is -2.14. The molecule has 1 aliphatic heterocycles. The Labute approximate surface area is 150 Å². The minimum absolute atomic E-state index is 0.00316. The summed E-state index contributed by atoms with van der Waals surface area (Å²) >= 11 is 6.51. The maximum Gasteiger partial charge on any atom is 0.266 e. The number of carboxylic acids is 1. The number of nitrogens with zero attached hydrogens (tertiary/aromatic N) is 1. The molecule has 0 atom stereocenters. The number of carbonyl (C=O) groups excluding carboxylic acids is 2. The van der Waals surface area contributed by atoms with Crippen LogP contribution in [0, 0.1) is 0 Å². The number of carbonyl (C=O) groups is 2. The summed E-state index contributed by atoms with van der Waals surface area (Å²) in [7, 11) is 0. The van der Waals surface area contributed by atoms with Crippen LogP contribution < -0.4 is 9.84 Å². The molecule has 24 heavy (non-hydrogen) atoms. The molecule has 1 amide bonds. The standard InChI is InChI=1S/C17H19NO4S2/c1-2-22-13-8-6-12(7-9-13)11-14-16(21)18(17(23)24-14)10-4-3-5-15(19)20/h6-9,11H,2-5,10H2,1H3,(H,19,20)/p-1/b14-11-. The number of thioether (sulfide) groups is 1. The summed E-state index contributed by atoms with van der Waals surface area (Å²) in [6, 6.07) is 7.49. The van der Waals surface area contributed by atoms with Gasteiger partial charge in [-0.25, -0.2) is 0 Å². The molecule has 1 aromatic rings. The number of hydrogen-bond acceptors (Lipinski definition) is 6. The van der Waals surface area contributed by atoms with Crippen LogP contribution in [-0.4, -0.2) is 34.2 Å². The van der Waals surface area contributed by atoms with Gasteiger partial charge < -0.3 is 14.6 Å². The Bertz CT molecular complexity index is 655. The Morgan fingerprint density at radius 3 is 2.67 bits per heavy atom. The fourth-order valence-electron chi connectivity index (χ4n) is 2.21. The number of thiocarbonyl (C=S) groups is 1. The zero-order valence-corrected chi connectivity index (χ0v) is 15.0. The highest BCUT2D eigenvalue weighted by Crippen LogP contribution is 2.33. The average Bonchev–Trinajstić information content (AvgIpc) is 2.80.